The zero-order valence-electron chi connectivity index (χ0n) is 11.0. The van der Waals surface area contributed by atoms with Crippen LogP contribution < -0.4 is 10.6 Å². The number of hydrogen-bond donors (Lipinski definition) is 2. The molecule has 5 heteroatoms. The fraction of sp³-hybridized carbons (Fsp3) is 0.500. The Hall–Kier alpha value is -1.65. The van der Waals surface area contributed by atoms with Crippen LogP contribution in [0.3, 0.4) is 0 Å². The summed E-state index contributed by atoms with van der Waals surface area (Å²) in [5.74, 6) is -1.64. The lowest BCUT2D eigenvalue weighted by molar-refractivity contribution is 0.420. The molecule has 0 aliphatic heterocycles. The van der Waals surface area contributed by atoms with Crippen LogP contribution in [-0.4, -0.2) is 18.9 Å². The maximum Gasteiger partial charge on any atom is 0.150 e. The number of benzene rings is 1. The molecule has 1 aliphatic rings. The SMILES string of the molecule is CN(c1c(F)cc(C(=N)N)cc1F)C1CCCCC1. The van der Waals surface area contributed by atoms with E-state index in [1.807, 2.05) is 0 Å². The van der Waals surface area contributed by atoms with E-state index in [2.05, 4.69) is 0 Å². The van der Waals surface area contributed by atoms with Gasteiger partial charge < -0.3 is 10.6 Å². The molecule has 2 rings (SSSR count). The van der Waals surface area contributed by atoms with Crippen LogP contribution in [0, 0.1) is 17.0 Å². The fourth-order valence-electron chi connectivity index (χ4n) is 2.71. The van der Waals surface area contributed by atoms with Gasteiger partial charge in [-0.05, 0) is 25.0 Å². The summed E-state index contributed by atoms with van der Waals surface area (Å²) in [5, 5.41) is 7.23. The average molecular weight is 267 g/mol. The topological polar surface area (TPSA) is 53.1 Å². The number of amidine groups is 1. The van der Waals surface area contributed by atoms with Gasteiger partial charge in [0, 0.05) is 18.7 Å². The van der Waals surface area contributed by atoms with E-state index in [0.29, 0.717) is 0 Å². The number of rotatable bonds is 3. The Bertz CT molecular complexity index is 459. The first-order valence-electron chi connectivity index (χ1n) is 6.57. The van der Waals surface area contributed by atoms with Crippen LogP contribution in [0.2, 0.25) is 0 Å². The summed E-state index contributed by atoms with van der Waals surface area (Å²) in [5.41, 5.74) is 5.32. The van der Waals surface area contributed by atoms with Crippen LogP contribution in [0.15, 0.2) is 12.1 Å². The molecule has 3 nitrogen and oxygen atoms in total. The van der Waals surface area contributed by atoms with E-state index in [-0.39, 0.29) is 23.1 Å². The van der Waals surface area contributed by atoms with E-state index >= 15 is 0 Å². The lowest BCUT2D eigenvalue weighted by Gasteiger charge is -2.33. The van der Waals surface area contributed by atoms with Gasteiger partial charge in [0.05, 0.1) is 0 Å². The Balaban J connectivity index is 2.30. The summed E-state index contributed by atoms with van der Waals surface area (Å²) in [7, 11) is 1.73. The predicted molar refractivity (Wildman–Crippen MR) is 72.7 cm³/mol. The molecule has 19 heavy (non-hydrogen) atoms. The maximum absolute atomic E-state index is 14.0. The smallest absolute Gasteiger partial charge is 0.150 e. The lowest BCUT2D eigenvalue weighted by Crippen LogP contribution is -2.34. The Kier molecular flexibility index (Phi) is 4.02. The van der Waals surface area contributed by atoms with Crippen molar-refractivity contribution in [1.82, 2.24) is 0 Å². The van der Waals surface area contributed by atoms with Crippen molar-refractivity contribution in [1.29, 1.82) is 5.41 Å². The van der Waals surface area contributed by atoms with Crippen LogP contribution in [0.4, 0.5) is 14.5 Å². The minimum atomic E-state index is -0.654. The Morgan fingerprint density at radius 3 is 2.21 bits per heavy atom. The quantitative estimate of drug-likeness (QED) is 0.653. The summed E-state index contributed by atoms with van der Waals surface area (Å²) >= 11 is 0. The second-order valence-electron chi connectivity index (χ2n) is 5.10. The van der Waals surface area contributed by atoms with Crippen LogP contribution >= 0.6 is 0 Å². The number of nitrogen functional groups attached to an aromatic ring is 1. The highest BCUT2D eigenvalue weighted by atomic mass is 19.1. The third kappa shape index (κ3) is 2.85. The van der Waals surface area contributed by atoms with Gasteiger partial charge in [-0.1, -0.05) is 19.3 Å². The molecular formula is C14H19F2N3. The van der Waals surface area contributed by atoms with Gasteiger partial charge in [-0.25, -0.2) is 8.78 Å². The van der Waals surface area contributed by atoms with Crippen molar-refractivity contribution in [2.24, 2.45) is 5.73 Å². The van der Waals surface area contributed by atoms with Crippen molar-refractivity contribution in [3.63, 3.8) is 0 Å². The molecule has 1 fully saturated rings. The van der Waals surface area contributed by atoms with E-state index < -0.39 is 11.6 Å². The van der Waals surface area contributed by atoms with Crippen molar-refractivity contribution in [2.45, 2.75) is 38.1 Å². The summed E-state index contributed by atoms with van der Waals surface area (Å²) in [4.78, 5) is 1.69. The number of anilines is 1. The summed E-state index contributed by atoms with van der Waals surface area (Å²) < 4.78 is 28.1. The molecule has 0 amide bonds. The predicted octanol–water partition coefficient (Wildman–Crippen LogP) is 3.02. The molecule has 1 saturated carbocycles. The first kappa shape index (κ1) is 13.8. The van der Waals surface area contributed by atoms with Crippen LogP contribution in [0.1, 0.15) is 37.7 Å². The minimum absolute atomic E-state index is 0.0168. The highest BCUT2D eigenvalue weighted by Gasteiger charge is 2.23. The number of halogens is 2. The molecule has 0 bridgehead atoms. The van der Waals surface area contributed by atoms with E-state index in [1.54, 1.807) is 11.9 Å². The molecule has 0 spiro atoms. The molecule has 0 radical (unpaired) electrons. The Morgan fingerprint density at radius 2 is 1.74 bits per heavy atom. The van der Waals surface area contributed by atoms with Gasteiger partial charge in [0.15, 0.2) is 0 Å². The number of nitrogens with two attached hydrogens (primary N) is 1. The van der Waals surface area contributed by atoms with E-state index in [4.69, 9.17) is 11.1 Å². The van der Waals surface area contributed by atoms with E-state index in [9.17, 15) is 8.78 Å². The third-order valence-corrected chi connectivity index (χ3v) is 3.80. The molecular weight excluding hydrogens is 248 g/mol. The van der Waals surface area contributed by atoms with Crippen molar-refractivity contribution in [3.8, 4) is 0 Å². The number of nitrogens with one attached hydrogen (secondary N) is 1. The van der Waals surface area contributed by atoms with Gasteiger partial charge in [0.1, 0.15) is 23.2 Å². The largest absolute Gasteiger partial charge is 0.384 e. The molecule has 0 saturated heterocycles. The third-order valence-electron chi connectivity index (χ3n) is 3.80. The van der Waals surface area contributed by atoms with Crippen molar-refractivity contribution in [3.05, 3.63) is 29.3 Å². The number of nitrogens with zero attached hydrogens (tertiary/aromatic N) is 1. The summed E-state index contributed by atoms with van der Waals surface area (Å²) in [6.07, 6.45) is 5.32. The molecule has 3 N–H and O–H groups in total. The molecule has 0 atom stereocenters. The molecule has 1 aliphatic carbocycles. The second-order valence-corrected chi connectivity index (χ2v) is 5.10. The van der Waals surface area contributed by atoms with E-state index in [0.717, 1.165) is 37.8 Å². The lowest BCUT2D eigenvalue weighted by atomic mass is 9.94. The molecule has 1 aromatic carbocycles. The summed E-state index contributed by atoms with van der Waals surface area (Å²) in [6.45, 7) is 0. The van der Waals surface area contributed by atoms with Gasteiger partial charge in [-0.15, -0.1) is 0 Å². The molecule has 1 aromatic rings. The Morgan fingerprint density at radius 1 is 1.21 bits per heavy atom. The van der Waals surface area contributed by atoms with Crippen LogP contribution in [0.5, 0.6) is 0 Å². The van der Waals surface area contributed by atoms with Gasteiger partial charge in [-0.3, -0.25) is 5.41 Å². The van der Waals surface area contributed by atoms with Gasteiger partial charge in [-0.2, -0.15) is 0 Å². The zero-order chi connectivity index (χ0) is 14.0. The normalized spacial score (nSPS) is 16.4. The van der Waals surface area contributed by atoms with Gasteiger partial charge >= 0.3 is 0 Å². The van der Waals surface area contributed by atoms with Crippen molar-refractivity contribution < 1.29 is 8.78 Å². The fourth-order valence-corrected chi connectivity index (χ4v) is 2.71. The molecule has 0 aromatic heterocycles. The number of hydrogen-bond acceptors (Lipinski definition) is 2. The maximum atomic E-state index is 14.0. The van der Waals surface area contributed by atoms with Crippen LogP contribution in [0.25, 0.3) is 0 Å². The monoisotopic (exact) mass is 267 g/mol. The van der Waals surface area contributed by atoms with Crippen molar-refractivity contribution >= 4 is 11.5 Å². The van der Waals surface area contributed by atoms with Crippen LogP contribution in [-0.2, 0) is 0 Å². The van der Waals surface area contributed by atoms with Crippen molar-refractivity contribution in [2.75, 3.05) is 11.9 Å². The minimum Gasteiger partial charge on any atom is -0.384 e. The molecule has 0 unspecified atom stereocenters. The van der Waals surface area contributed by atoms with E-state index in [1.165, 1.54) is 6.42 Å². The average Bonchev–Trinajstić information content (AvgIpc) is 2.38. The highest BCUT2D eigenvalue weighted by molar-refractivity contribution is 5.95. The molecule has 104 valence electrons. The summed E-state index contributed by atoms with van der Waals surface area (Å²) in [6, 6.07) is 2.43. The molecule has 0 heterocycles. The first-order chi connectivity index (χ1) is 9.00. The first-order valence-corrected chi connectivity index (χ1v) is 6.57. The standard InChI is InChI=1S/C14H19F2N3/c1-19(10-5-3-2-4-6-10)13-11(15)7-9(14(17)18)8-12(13)16/h7-8,10H,2-6H2,1H3,(H3,17,18). The second kappa shape index (κ2) is 5.55. The van der Waals surface area contributed by atoms with Gasteiger partial charge in [0.2, 0.25) is 0 Å². The Labute approximate surface area is 111 Å². The highest BCUT2D eigenvalue weighted by Crippen LogP contribution is 2.30. The van der Waals surface area contributed by atoms with Gasteiger partial charge in [0.25, 0.3) is 0 Å². The zero-order valence-corrected chi connectivity index (χ0v) is 11.0.